The van der Waals surface area contributed by atoms with Crippen molar-refractivity contribution >= 4 is 27.9 Å². The lowest BCUT2D eigenvalue weighted by Crippen LogP contribution is -2.51. The first-order chi connectivity index (χ1) is 12.0. The minimum Gasteiger partial charge on any atom is -0.335 e. The Morgan fingerprint density at radius 3 is 2.40 bits per heavy atom. The number of amides is 3. The first kappa shape index (κ1) is 19.9. The van der Waals surface area contributed by atoms with Gasteiger partial charge in [0.1, 0.15) is 0 Å². The van der Waals surface area contributed by atoms with Gasteiger partial charge < -0.3 is 5.32 Å². The molecule has 1 aromatic carbocycles. The SMILES string of the molecule is CC[C@H](N[C@H](C)C(=O)NC(=O)NC1CCCCC1)c1ccc(Br)cc1. The van der Waals surface area contributed by atoms with Crippen molar-refractivity contribution in [2.24, 2.45) is 0 Å². The highest BCUT2D eigenvalue weighted by Gasteiger charge is 2.21. The summed E-state index contributed by atoms with van der Waals surface area (Å²) in [6.45, 7) is 3.85. The molecule has 138 valence electrons. The van der Waals surface area contributed by atoms with Gasteiger partial charge in [-0.25, -0.2) is 4.79 Å². The summed E-state index contributed by atoms with van der Waals surface area (Å²) in [6, 6.07) is 7.46. The number of hydrogen-bond donors (Lipinski definition) is 3. The third-order valence-electron chi connectivity index (χ3n) is 4.70. The van der Waals surface area contributed by atoms with Gasteiger partial charge in [-0.3, -0.25) is 15.4 Å². The van der Waals surface area contributed by atoms with E-state index in [1.807, 2.05) is 24.3 Å². The molecule has 1 fully saturated rings. The Hall–Kier alpha value is -1.40. The molecule has 0 bridgehead atoms. The fourth-order valence-electron chi connectivity index (χ4n) is 3.21. The number of rotatable bonds is 6. The van der Waals surface area contributed by atoms with Gasteiger partial charge in [0.25, 0.3) is 0 Å². The van der Waals surface area contributed by atoms with Crippen molar-refractivity contribution in [2.75, 3.05) is 0 Å². The molecule has 6 heteroatoms. The zero-order valence-electron chi connectivity index (χ0n) is 15.0. The van der Waals surface area contributed by atoms with E-state index in [2.05, 4.69) is 38.8 Å². The third-order valence-corrected chi connectivity index (χ3v) is 5.23. The van der Waals surface area contributed by atoms with E-state index in [-0.39, 0.29) is 24.0 Å². The summed E-state index contributed by atoms with van der Waals surface area (Å²) in [5.74, 6) is -0.302. The van der Waals surface area contributed by atoms with E-state index in [4.69, 9.17) is 0 Å². The Bertz CT molecular complexity index is 571. The van der Waals surface area contributed by atoms with Crippen LogP contribution in [0.4, 0.5) is 4.79 Å². The molecule has 0 heterocycles. The van der Waals surface area contributed by atoms with Crippen LogP contribution in [0.5, 0.6) is 0 Å². The van der Waals surface area contributed by atoms with Crippen LogP contribution < -0.4 is 16.0 Å². The molecule has 3 amide bonds. The Morgan fingerprint density at radius 1 is 1.16 bits per heavy atom. The van der Waals surface area contributed by atoms with Crippen molar-refractivity contribution in [2.45, 2.75) is 70.5 Å². The second-order valence-corrected chi connectivity index (χ2v) is 7.61. The molecule has 0 saturated heterocycles. The standard InChI is InChI=1S/C19H28BrN3O2/c1-3-17(14-9-11-15(20)12-10-14)21-13(2)18(24)23-19(25)22-16-7-5-4-6-8-16/h9-13,16-17,21H,3-8H2,1-2H3,(H2,22,23,24,25)/t13-,17+/m1/s1. The maximum absolute atomic E-state index is 12.3. The van der Waals surface area contributed by atoms with E-state index < -0.39 is 6.04 Å². The van der Waals surface area contributed by atoms with Crippen molar-refractivity contribution < 1.29 is 9.59 Å². The van der Waals surface area contributed by atoms with Gasteiger partial charge in [-0.15, -0.1) is 0 Å². The monoisotopic (exact) mass is 409 g/mol. The topological polar surface area (TPSA) is 70.2 Å². The Labute approximate surface area is 158 Å². The fourth-order valence-corrected chi connectivity index (χ4v) is 3.48. The van der Waals surface area contributed by atoms with Crippen molar-refractivity contribution in [3.05, 3.63) is 34.3 Å². The van der Waals surface area contributed by atoms with E-state index in [1.54, 1.807) is 6.92 Å². The van der Waals surface area contributed by atoms with Crippen molar-refractivity contribution in [3.63, 3.8) is 0 Å². The van der Waals surface area contributed by atoms with Crippen molar-refractivity contribution in [1.82, 2.24) is 16.0 Å². The van der Waals surface area contributed by atoms with Crippen LogP contribution in [0.25, 0.3) is 0 Å². The lowest BCUT2D eigenvalue weighted by atomic mass is 9.96. The molecular formula is C19H28BrN3O2. The van der Waals surface area contributed by atoms with E-state index in [9.17, 15) is 9.59 Å². The van der Waals surface area contributed by atoms with Gasteiger partial charge in [0.2, 0.25) is 5.91 Å². The van der Waals surface area contributed by atoms with Crippen LogP contribution >= 0.6 is 15.9 Å². The zero-order chi connectivity index (χ0) is 18.2. The summed E-state index contributed by atoms with van der Waals surface area (Å²) in [4.78, 5) is 24.3. The highest BCUT2D eigenvalue weighted by Crippen LogP contribution is 2.20. The molecule has 1 aromatic rings. The molecule has 1 saturated carbocycles. The molecule has 0 aromatic heterocycles. The molecule has 25 heavy (non-hydrogen) atoms. The van der Waals surface area contributed by atoms with Gasteiger partial charge in [0.15, 0.2) is 0 Å². The van der Waals surface area contributed by atoms with Crippen molar-refractivity contribution in [1.29, 1.82) is 0 Å². The van der Waals surface area contributed by atoms with Gasteiger partial charge in [-0.05, 0) is 43.9 Å². The summed E-state index contributed by atoms with van der Waals surface area (Å²) in [6.07, 6.45) is 6.36. The van der Waals surface area contributed by atoms with Gasteiger partial charge in [0, 0.05) is 16.6 Å². The minimum atomic E-state index is -0.453. The van der Waals surface area contributed by atoms with Gasteiger partial charge in [-0.2, -0.15) is 0 Å². The molecule has 0 unspecified atom stereocenters. The molecule has 2 atom stereocenters. The van der Waals surface area contributed by atoms with E-state index in [1.165, 1.54) is 6.42 Å². The normalized spacial score (nSPS) is 17.6. The average Bonchev–Trinajstić information content (AvgIpc) is 2.61. The average molecular weight is 410 g/mol. The van der Waals surface area contributed by atoms with E-state index in [0.717, 1.165) is 42.1 Å². The maximum Gasteiger partial charge on any atom is 0.321 e. The summed E-state index contributed by atoms with van der Waals surface area (Å²) in [5, 5.41) is 8.67. The molecular weight excluding hydrogens is 382 g/mol. The number of benzene rings is 1. The second kappa shape index (κ2) is 9.92. The molecule has 1 aliphatic rings. The van der Waals surface area contributed by atoms with Crippen LogP contribution in [-0.2, 0) is 4.79 Å². The maximum atomic E-state index is 12.3. The zero-order valence-corrected chi connectivity index (χ0v) is 16.6. The molecule has 0 radical (unpaired) electrons. The van der Waals surface area contributed by atoms with Crippen LogP contribution in [0.15, 0.2) is 28.7 Å². The number of carbonyl (C=O) groups is 2. The number of carbonyl (C=O) groups excluding carboxylic acids is 2. The second-order valence-electron chi connectivity index (χ2n) is 6.70. The van der Waals surface area contributed by atoms with Gasteiger partial charge in [-0.1, -0.05) is 54.2 Å². The first-order valence-corrected chi connectivity index (χ1v) is 9.91. The number of urea groups is 1. The number of imide groups is 1. The minimum absolute atomic E-state index is 0.0651. The highest BCUT2D eigenvalue weighted by molar-refractivity contribution is 9.10. The Balaban J connectivity index is 1.83. The Kier molecular flexibility index (Phi) is 7.90. The number of nitrogens with one attached hydrogen (secondary N) is 3. The first-order valence-electron chi connectivity index (χ1n) is 9.12. The molecule has 0 spiro atoms. The molecule has 5 nitrogen and oxygen atoms in total. The Morgan fingerprint density at radius 2 is 1.80 bits per heavy atom. The smallest absolute Gasteiger partial charge is 0.321 e. The van der Waals surface area contributed by atoms with E-state index in [0.29, 0.717) is 0 Å². The fraction of sp³-hybridized carbons (Fsp3) is 0.579. The van der Waals surface area contributed by atoms with Crippen LogP contribution in [0.1, 0.15) is 64.0 Å². The third kappa shape index (κ3) is 6.44. The largest absolute Gasteiger partial charge is 0.335 e. The predicted molar refractivity (Wildman–Crippen MR) is 103 cm³/mol. The lowest BCUT2D eigenvalue weighted by Gasteiger charge is -2.24. The van der Waals surface area contributed by atoms with Crippen molar-refractivity contribution in [3.8, 4) is 0 Å². The summed E-state index contributed by atoms with van der Waals surface area (Å²) in [5.41, 5.74) is 1.12. The quantitative estimate of drug-likeness (QED) is 0.663. The summed E-state index contributed by atoms with van der Waals surface area (Å²) in [7, 11) is 0. The van der Waals surface area contributed by atoms with Crippen LogP contribution in [0.3, 0.4) is 0 Å². The molecule has 2 rings (SSSR count). The highest BCUT2D eigenvalue weighted by atomic mass is 79.9. The van der Waals surface area contributed by atoms with Crippen LogP contribution in [0.2, 0.25) is 0 Å². The number of hydrogen-bond acceptors (Lipinski definition) is 3. The number of halogens is 1. The van der Waals surface area contributed by atoms with Crippen LogP contribution in [0, 0.1) is 0 Å². The van der Waals surface area contributed by atoms with Gasteiger partial charge in [0.05, 0.1) is 6.04 Å². The molecule has 1 aliphatic carbocycles. The van der Waals surface area contributed by atoms with E-state index >= 15 is 0 Å². The summed E-state index contributed by atoms with van der Waals surface area (Å²) < 4.78 is 1.02. The molecule has 0 aliphatic heterocycles. The van der Waals surface area contributed by atoms with Gasteiger partial charge >= 0.3 is 6.03 Å². The summed E-state index contributed by atoms with van der Waals surface area (Å²) >= 11 is 3.43. The van der Waals surface area contributed by atoms with Crippen LogP contribution in [-0.4, -0.2) is 24.0 Å². The predicted octanol–water partition coefficient (Wildman–Crippen LogP) is 4.04. The lowest BCUT2D eigenvalue weighted by molar-refractivity contribution is -0.121. The molecule has 3 N–H and O–H groups in total.